The highest BCUT2D eigenvalue weighted by Crippen LogP contribution is 2.33. The lowest BCUT2D eigenvalue weighted by Gasteiger charge is -2.28. The van der Waals surface area contributed by atoms with Gasteiger partial charge in [0.15, 0.2) is 5.16 Å². The number of hydrogen-bond acceptors (Lipinski definition) is 8. The molecule has 0 spiro atoms. The molecule has 2 aromatic heterocycles. The highest BCUT2D eigenvalue weighted by molar-refractivity contribution is 7.98. The highest BCUT2D eigenvalue weighted by atomic mass is 32.2. The van der Waals surface area contributed by atoms with E-state index < -0.39 is 0 Å². The van der Waals surface area contributed by atoms with Gasteiger partial charge in [-0.2, -0.15) is 0 Å². The van der Waals surface area contributed by atoms with Gasteiger partial charge in [0.2, 0.25) is 5.95 Å². The number of thioether (sulfide) groups is 1. The first kappa shape index (κ1) is 20.6. The van der Waals surface area contributed by atoms with E-state index >= 15 is 0 Å². The number of rotatable bonds is 6. The molecule has 0 radical (unpaired) electrons. The van der Waals surface area contributed by atoms with E-state index in [1.165, 1.54) is 6.42 Å². The van der Waals surface area contributed by atoms with Crippen molar-refractivity contribution in [3.8, 4) is 11.4 Å². The number of anilines is 2. The van der Waals surface area contributed by atoms with Crippen LogP contribution in [-0.4, -0.2) is 44.9 Å². The summed E-state index contributed by atoms with van der Waals surface area (Å²) in [7, 11) is 1.68. The van der Waals surface area contributed by atoms with E-state index in [0.717, 1.165) is 59.4 Å². The fourth-order valence-electron chi connectivity index (χ4n) is 4.02. The molecule has 0 unspecified atom stereocenters. The molecule has 2 N–H and O–H groups in total. The van der Waals surface area contributed by atoms with E-state index in [2.05, 4.69) is 29.6 Å². The molecule has 5 rings (SSSR count). The van der Waals surface area contributed by atoms with Gasteiger partial charge in [-0.05, 0) is 43.5 Å². The van der Waals surface area contributed by atoms with E-state index in [9.17, 15) is 0 Å². The molecule has 8 nitrogen and oxygen atoms in total. The Morgan fingerprint density at radius 3 is 2.59 bits per heavy atom. The Balaban J connectivity index is 1.50. The molecule has 2 aromatic carbocycles. The summed E-state index contributed by atoms with van der Waals surface area (Å²) in [5.41, 5.74) is 7.93. The first-order valence-corrected chi connectivity index (χ1v) is 11.7. The molecule has 1 saturated heterocycles. The number of aromatic nitrogens is 5. The van der Waals surface area contributed by atoms with Gasteiger partial charge in [0.1, 0.15) is 17.4 Å². The van der Waals surface area contributed by atoms with E-state index in [1.807, 2.05) is 48.5 Å². The monoisotopic (exact) mass is 447 g/mol. The Labute approximate surface area is 190 Å². The average Bonchev–Trinajstić information content (AvgIpc) is 3.27. The molecule has 164 valence electrons. The maximum atomic E-state index is 6.17. The Kier molecular flexibility index (Phi) is 5.81. The van der Waals surface area contributed by atoms with Gasteiger partial charge < -0.3 is 15.4 Å². The molecular formula is C23H25N7OS. The molecule has 0 amide bonds. The zero-order valence-corrected chi connectivity index (χ0v) is 18.8. The average molecular weight is 448 g/mol. The van der Waals surface area contributed by atoms with Crippen LogP contribution in [0, 0.1) is 0 Å². The number of fused-ring (bicyclic) bond motifs is 1. The van der Waals surface area contributed by atoms with Crippen LogP contribution in [0.1, 0.15) is 25.1 Å². The third-order valence-corrected chi connectivity index (χ3v) is 6.52. The number of hydrogen-bond donors (Lipinski definition) is 1. The second-order valence-corrected chi connectivity index (χ2v) is 8.61. The lowest BCUT2D eigenvalue weighted by molar-refractivity contribution is 0.412. The van der Waals surface area contributed by atoms with Crippen molar-refractivity contribution in [3.05, 3.63) is 54.4 Å². The van der Waals surface area contributed by atoms with Crippen molar-refractivity contribution in [3.63, 3.8) is 0 Å². The van der Waals surface area contributed by atoms with Crippen LogP contribution in [0.3, 0.4) is 0 Å². The number of nitrogens with two attached hydrogens (primary N) is 1. The molecule has 0 aliphatic carbocycles. The summed E-state index contributed by atoms with van der Waals surface area (Å²) in [6.45, 7) is 1.95. The second kappa shape index (κ2) is 9.04. The Bertz CT molecular complexity index is 1240. The van der Waals surface area contributed by atoms with Crippen LogP contribution in [-0.2, 0) is 5.75 Å². The normalized spacial score (nSPS) is 14.1. The maximum absolute atomic E-state index is 6.17. The fraction of sp³-hybridized carbons (Fsp3) is 0.304. The van der Waals surface area contributed by atoms with Crippen LogP contribution in [0.5, 0.6) is 5.75 Å². The smallest absolute Gasteiger partial charge is 0.232 e. The van der Waals surface area contributed by atoms with Crippen molar-refractivity contribution < 1.29 is 4.74 Å². The first-order chi connectivity index (χ1) is 15.7. The van der Waals surface area contributed by atoms with E-state index in [4.69, 9.17) is 10.5 Å². The number of para-hydroxylation sites is 3. The van der Waals surface area contributed by atoms with Gasteiger partial charge in [-0.1, -0.05) is 36.0 Å². The van der Waals surface area contributed by atoms with Crippen LogP contribution in [0.25, 0.3) is 16.6 Å². The molecule has 32 heavy (non-hydrogen) atoms. The summed E-state index contributed by atoms with van der Waals surface area (Å²) >= 11 is 1.54. The summed E-state index contributed by atoms with van der Waals surface area (Å²) in [6.07, 6.45) is 3.57. The van der Waals surface area contributed by atoms with E-state index in [1.54, 1.807) is 18.9 Å². The topological polar surface area (TPSA) is 95.0 Å². The molecule has 1 aliphatic rings. The largest absolute Gasteiger partial charge is 0.495 e. The molecule has 9 heteroatoms. The number of piperidine rings is 1. The summed E-state index contributed by atoms with van der Waals surface area (Å²) in [6, 6.07) is 15.7. The van der Waals surface area contributed by atoms with E-state index in [0.29, 0.717) is 17.4 Å². The van der Waals surface area contributed by atoms with Gasteiger partial charge in [-0.15, -0.1) is 10.2 Å². The van der Waals surface area contributed by atoms with Crippen molar-refractivity contribution in [2.45, 2.75) is 30.2 Å². The Morgan fingerprint density at radius 2 is 1.75 bits per heavy atom. The lowest BCUT2D eigenvalue weighted by Crippen LogP contribution is -2.31. The van der Waals surface area contributed by atoms with Crippen LogP contribution in [0.4, 0.5) is 11.8 Å². The second-order valence-electron chi connectivity index (χ2n) is 7.67. The van der Waals surface area contributed by atoms with Gasteiger partial charge in [0.05, 0.1) is 24.1 Å². The van der Waals surface area contributed by atoms with Gasteiger partial charge in [-0.3, -0.25) is 4.57 Å². The highest BCUT2D eigenvalue weighted by Gasteiger charge is 2.23. The van der Waals surface area contributed by atoms with Gasteiger partial charge in [-0.25, -0.2) is 9.97 Å². The summed E-state index contributed by atoms with van der Waals surface area (Å²) < 4.78 is 7.73. The third kappa shape index (κ3) is 3.95. The quantitative estimate of drug-likeness (QED) is 0.442. The van der Waals surface area contributed by atoms with Gasteiger partial charge in [0, 0.05) is 18.5 Å². The van der Waals surface area contributed by atoms with Crippen LogP contribution >= 0.6 is 11.8 Å². The SMILES string of the molecule is COc1ccccc1-n1c(SCc2nc(N)c3ccccc3n2)nnc1N1CCCCC1. The maximum Gasteiger partial charge on any atom is 0.232 e. The predicted molar refractivity (Wildman–Crippen MR) is 127 cm³/mol. The molecular weight excluding hydrogens is 422 g/mol. The Morgan fingerprint density at radius 1 is 0.969 bits per heavy atom. The zero-order valence-electron chi connectivity index (χ0n) is 17.9. The van der Waals surface area contributed by atoms with Crippen molar-refractivity contribution in [2.75, 3.05) is 30.8 Å². The van der Waals surface area contributed by atoms with Gasteiger partial charge >= 0.3 is 0 Å². The number of nitrogen functional groups attached to an aromatic ring is 1. The number of benzene rings is 2. The van der Waals surface area contributed by atoms with E-state index in [-0.39, 0.29) is 0 Å². The fourth-order valence-corrected chi connectivity index (χ4v) is 4.82. The number of ether oxygens (including phenoxy) is 1. The molecule has 1 fully saturated rings. The number of nitrogens with zero attached hydrogens (tertiary/aromatic N) is 6. The van der Waals surface area contributed by atoms with Crippen LogP contribution in [0.15, 0.2) is 53.7 Å². The molecule has 0 saturated carbocycles. The summed E-state index contributed by atoms with van der Waals surface area (Å²) in [5.74, 6) is 3.31. The zero-order chi connectivity index (χ0) is 21.9. The van der Waals surface area contributed by atoms with Crippen molar-refractivity contribution in [2.24, 2.45) is 0 Å². The third-order valence-electron chi connectivity index (χ3n) is 5.59. The molecule has 0 bridgehead atoms. The minimum Gasteiger partial charge on any atom is -0.495 e. The van der Waals surface area contributed by atoms with Gasteiger partial charge in [0.25, 0.3) is 0 Å². The number of methoxy groups -OCH3 is 1. The minimum absolute atomic E-state index is 0.492. The molecule has 0 atom stereocenters. The van der Waals surface area contributed by atoms with Crippen LogP contribution in [0.2, 0.25) is 0 Å². The minimum atomic E-state index is 0.492. The molecule has 4 aromatic rings. The standard InChI is InChI=1S/C23H25N7OS/c1-31-19-12-6-5-11-18(19)30-22(29-13-7-2-8-14-29)27-28-23(30)32-15-20-25-17-10-4-3-9-16(17)21(24)26-20/h3-6,9-12H,2,7-8,13-15H2,1H3,(H2,24,25,26). The molecule has 1 aliphatic heterocycles. The molecule has 3 heterocycles. The van der Waals surface area contributed by atoms with Crippen molar-refractivity contribution in [1.82, 2.24) is 24.7 Å². The first-order valence-electron chi connectivity index (χ1n) is 10.7. The lowest BCUT2D eigenvalue weighted by atomic mass is 10.1. The summed E-state index contributed by atoms with van der Waals surface area (Å²) in [4.78, 5) is 11.5. The van der Waals surface area contributed by atoms with Crippen molar-refractivity contribution in [1.29, 1.82) is 0 Å². The Hall–Kier alpha value is -3.33. The van der Waals surface area contributed by atoms with Crippen LogP contribution < -0.4 is 15.4 Å². The predicted octanol–water partition coefficient (Wildman–Crippen LogP) is 4.08. The summed E-state index contributed by atoms with van der Waals surface area (Å²) in [5, 5.41) is 10.7. The van der Waals surface area contributed by atoms with Crippen molar-refractivity contribution >= 4 is 34.4 Å².